The summed E-state index contributed by atoms with van der Waals surface area (Å²) in [6, 6.07) is 1.93. The molecule has 0 bridgehead atoms. The highest BCUT2D eigenvalue weighted by Gasteiger charge is 2.03. The highest BCUT2D eigenvalue weighted by atomic mass is 16.3. The van der Waals surface area contributed by atoms with Gasteiger partial charge in [0.05, 0.1) is 19.1 Å². The average Bonchev–Trinajstić information content (AvgIpc) is 2.74. The van der Waals surface area contributed by atoms with Gasteiger partial charge in [0.15, 0.2) is 5.96 Å². The lowest BCUT2D eigenvalue weighted by Gasteiger charge is -2.03. The third-order valence-corrected chi connectivity index (χ3v) is 1.71. The van der Waals surface area contributed by atoms with Gasteiger partial charge in [-0.05, 0) is 6.07 Å². The second-order valence-electron chi connectivity index (χ2n) is 2.64. The Hall–Kier alpha value is -1.45. The molecule has 0 atom stereocenters. The van der Waals surface area contributed by atoms with Gasteiger partial charge in [-0.2, -0.15) is 0 Å². The molecule has 0 spiro atoms. The predicted molar refractivity (Wildman–Crippen MR) is 45.9 cm³/mol. The van der Waals surface area contributed by atoms with Crippen molar-refractivity contribution in [3.05, 3.63) is 24.2 Å². The van der Waals surface area contributed by atoms with E-state index in [4.69, 9.17) is 4.42 Å². The van der Waals surface area contributed by atoms with Crippen LogP contribution in [0.2, 0.25) is 0 Å². The number of nitrogens with one attached hydrogen (secondary N) is 2. The Kier molecular flexibility index (Phi) is 1.98. The first-order valence-corrected chi connectivity index (χ1v) is 3.98. The zero-order valence-corrected chi connectivity index (χ0v) is 6.71. The zero-order chi connectivity index (χ0) is 8.23. The smallest absolute Gasteiger partial charge is 0.191 e. The normalized spacial score (nSPS) is 15.5. The van der Waals surface area contributed by atoms with Crippen LogP contribution in [-0.2, 0) is 6.54 Å². The van der Waals surface area contributed by atoms with E-state index in [0.717, 1.165) is 31.2 Å². The maximum absolute atomic E-state index is 4.93. The lowest BCUT2D eigenvalue weighted by atomic mass is 10.3. The number of furan rings is 1. The SMILES string of the molecule is c1cc(CNC2=NCCN2)co1. The van der Waals surface area contributed by atoms with Crippen LogP contribution in [0.15, 0.2) is 28.0 Å². The summed E-state index contributed by atoms with van der Waals surface area (Å²) in [5.74, 6) is 0.885. The van der Waals surface area contributed by atoms with Gasteiger partial charge in [0.2, 0.25) is 0 Å². The van der Waals surface area contributed by atoms with Gasteiger partial charge in [-0.15, -0.1) is 0 Å². The van der Waals surface area contributed by atoms with E-state index in [0.29, 0.717) is 0 Å². The summed E-state index contributed by atoms with van der Waals surface area (Å²) in [6.45, 7) is 2.57. The van der Waals surface area contributed by atoms with Gasteiger partial charge >= 0.3 is 0 Å². The van der Waals surface area contributed by atoms with E-state index in [1.165, 1.54) is 0 Å². The first kappa shape index (κ1) is 7.21. The highest BCUT2D eigenvalue weighted by molar-refractivity contribution is 5.81. The van der Waals surface area contributed by atoms with Crippen molar-refractivity contribution in [2.75, 3.05) is 13.1 Å². The third-order valence-electron chi connectivity index (χ3n) is 1.71. The minimum absolute atomic E-state index is 0.766. The van der Waals surface area contributed by atoms with E-state index < -0.39 is 0 Å². The van der Waals surface area contributed by atoms with Crippen LogP contribution >= 0.6 is 0 Å². The molecule has 0 saturated carbocycles. The molecule has 0 fully saturated rings. The molecule has 1 aliphatic rings. The van der Waals surface area contributed by atoms with Gasteiger partial charge < -0.3 is 15.1 Å². The van der Waals surface area contributed by atoms with Gasteiger partial charge in [0.25, 0.3) is 0 Å². The van der Waals surface area contributed by atoms with Gasteiger partial charge in [-0.1, -0.05) is 0 Å². The summed E-state index contributed by atoms with van der Waals surface area (Å²) in [5.41, 5.74) is 1.13. The van der Waals surface area contributed by atoms with E-state index in [1.807, 2.05) is 6.07 Å². The van der Waals surface area contributed by atoms with Crippen molar-refractivity contribution in [2.45, 2.75) is 6.54 Å². The number of guanidine groups is 1. The van der Waals surface area contributed by atoms with Crippen LogP contribution in [-0.4, -0.2) is 19.0 Å². The minimum Gasteiger partial charge on any atom is -0.472 e. The first-order valence-electron chi connectivity index (χ1n) is 3.98. The van der Waals surface area contributed by atoms with Crippen LogP contribution in [0.1, 0.15) is 5.56 Å². The molecule has 2 heterocycles. The summed E-state index contributed by atoms with van der Waals surface area (Å²) in [6.07, 6.45) is 3.39. The third kappa shape index (κ3) is 1.58. The number of aliphatic imine (C=N–C) groups is 1. The standard InChI is InChI=1S/C8H11N3O/c1-4-12-6-7(1)5-11-8-9-2-3-10-8/h1,4,6H,2-3,5H2,(H2,9,10,11). The fraction of sp³-hybridized carbons (Fsp3) is 0.375. The van der Waals surface area contributed by atoms with Crippen LogP contribution in [0.4, 0.5) is 0 Å². The molecule has 2 N–H and O–H groups in total. The summed E-state index contributed by atoms with van der Waals surface area (Å²) in [4.78, 5) is 4.20. The molecular weight excluding hydrogens is 154 g/mol. The summed E-state index contributed by atoms with van der Waals surface area (Å²) in [5, 5.41) is 6.29. The molecule has 0 aromatic carbocycles. The van der Waals surface area contributed by atoms with Crippen molar-refractivity contribution in [1.82, 2.24) is 10.6 Å². The first-order chi connectivity index (χ1) is 5.95. The molecule has 1 aromatic heterocycles. The monoisotopic (exact) mass is 165 g/mol. The Bertz CT molecular complexity index is 266. The number of hydrogen-bond donors (Lipinski definition) is 2. The molecule has 0 radical (unpaired) electrons. The molecule has 0 aliphatic carbocycles. The van der Waals surface area contributed by atoms with Crippen LogP contribution in [0.5, 0.6) is 0 Å². The van der Waals surface area contributed by atoms with Crippen molar-refractivity contribution in [3.63, 3.8) is 0 Å². The Balaban J connectivity index is 1.82. The predicted octanol–water partition coefficient (Wildman–Crippen LogP) is 0.328. The molecule has 1 aromatic rings. The second kappa shape index (κ2) is 3.30. The van der Waals surface area contributed by atoms with Crippen molar-refractivity contribution >= 4 is 5.96 Å². The van der Waals surface area contributed by atoms with Gasteiger partial charge in [0, 0.05) is 18.7 Å². The summed E-state index contributed by atoms with van der Waals surface area (Å²) in [7, 11) is 0. The number of rotatable bonds is 2. The lowest BCUT2D eigenvalue weighted by Crippen LogP contribution is -2.33. The van der Waals surface area contributed by atoms with Crippen molar-refractivity contribution in [1.29, 1.82) is 0 Å². The highest BCUT2D eigenvalue weighted by Crippen LogP contribution is 1.98. The molecule has 12 heavy (non-hydrogen) atoms. The van der Waals surface area contributed by atoms with Crippen LogP contribution in [0, 0.1) is 0 Å². The lowest BCUT2D eigenvalue weighted by molar-refractivity contribution is 0.563. The number of hydrogen-bond acceptors (Lipinski definition) is 4. The Morgan fingerprint density at radius 1 is 1.67 bits per heavy atom. The molecule has 2 rings (SSSR count). The molecule has 0 amide bonds. The van der Waals surface area contributed by atoms with Crippen LogP contribution in [0.3, 0.4) is 0 Å². The molecule has 4 heteroatoms. The molecular formula is C8H11N3O. The molecule has 0 saturated heterocycles. The molecule has 0 unspecified atom stereocenters. The fourth-order valence-electron chi connectivity index (χ4n) is 1.10. The van der Waals surface area contributed by atoms with Crippen molar-refractivity contribution in [3.8, 4) is 0 Å². The van der Waals surface area contributed by atoms with E-state index in [1.54, 1.807) is 12.5 Å². The Morgan fingerprint density at radius 2 is 2.67 bits per heavy atom. The van der Waals surface area contributed by atoms with Crippen molar-refractivity contribution < 1.29 is 4.42 Å². The maximum atomic E-state index is 4.93. The second-order valence-corrected chi connectivity index (χ2v) is 2.64. The molecule has 64 valence electrons. The van der Waals surface area contributed by atoms with Crippen molar-refractivity contribution in [2.24, 2.45) is 4.99 Å². The van der Waals surface area contributed by atoms with Gasteiger partial charge in [-0.3, -0.25) is 4.99 Å². The van der Waals surface area contributed by atoms with Gasteiger partial charge in [-0.25, -0.2) is 0 Å². The zero-order valence-electron chi connectivity index (χ0n) is 6.71. The molecule has 4 nitrogen and oxygen atoms in total. The minimum atomic E-state index is 0.766. The van der Waals surface area contributed by atoms with E-state index in [2.05, 4.69) is 15.6 Å². The number of nitrogens with zero attached hydrogens (tertiary/aromatic N) is 1. The molecule has 1 aliphatic heterocycles. The topological polar surface area (TPSA) is 49.6 Å². The largest absolute Gasteiger partial charge is 0.472 e. The fourth-order valence-corrected chi connectivity index (χ4v) is 1.10. The van der Waals surface area contributed by atoms with Gasteiger partial charge in [0.1, 0.15) is 0 Å². The summed E-state index contributed by atoms with van der Waals surface area (Å²) >= 11 is 0. The van der Waals surface area contributed by atoms with E-state index in [9.17, 15) is 0 Å². The van der Waals surface area contributed by atoms with E-state index in [-0.39, 0.29) is 0 Å². The van der Waals surface area contributed by atoms with Crippen LogP contribution in [0.25, 0.3) is 0 Å². The Labute approximate surface area is 70.7 Å². The summed E-state index contributed by atoms with van der Waals surface area (Å²) < 4.78 is 4.93. The quantitative estimate of drug-likeness (QED) is 0.664. The van der Waals surface area contributed by atoms with E-state index >= 15 is 0 Å². The van der Waals surface area contributed by atoms with Crippen LogP contribution < -0.4 is 10.6 Å². The maximum Gasteiger partial charge on any atom is 0.191 e. The Morgan fingerprint density at radius 3 is 3.33 bits per heavy atom. The average molecular weight is 165 g/mol.